The second-order valence-electron chi connectivity index (χ2n) is 15.5. The molecule has 21 heteroatoms. The van der Waals surface area contributed by atoms with Crippen LogP contribution in [0, 0.1) is 18.4 Å². The lowest BCUT2D eigenvalue weighted by Gasteiger charge is -2.42. The summed E-state index contributed by atoms with van der Waals surface area (Å²) in [6, 6.07) is 6.35. The second-order valence-corrected chi connectivity index (χ2v) is 15.8. The Morgan fingerprint density at radius 2 is 1.67 bits per heavy atom. The van der Waals surface area contributed by atoms with Gasteiger partial charge < -0.3 is 57.6 Å². The SMILES string of the molecule is [C-]#[N+]CC(=O)N1CC[C@@H](C)[C@@H](N(C)c2ncnc3c2ccn3C(=O)N(C)CCN(C)C(=S)OCc2ccc(O[C@@H]3O[C@H](C(=O)OC)[C@@H](C)[C@H](OC(C)=O)[C@H]3OC(C)=O)c(OC)c2)C1. The van der Waals surface area contributed by atoms with E-state index in [1.54, 1.807) is 66.2 Å². The molecule has 2 aromatic heterocycles. The average molecular weight is 895 g/mol. The van der Waals surface area contributed by atoms with E-state index in [4.69, 9.17) is 51.9 Å². The lowest BCUT2D eigenvalue weighted by molar-refractivity contribution is -0.266. The predicted molar refractivity (Wildman–Crippen MR) is 230 cm³/mol. The number of methoxy groups -OCH3 is 2. The van der Waals surface area contributed by atoms with Gasteiger partial charge in [0.2, 0.25) is 12.4 Å². The number of likely N-dealkylation sites (N-methyl/N-ethyl adjacent to an activating group) is 3. The number of hydrogen-bond acceptors (Lipinski definition) is 16. The summed E-state index contributed by atoms with van der Waals surface area (Å²) in [5.41, 5.74) is 1.09. The van der Waals surface area contributed by atoms with Gasteiger partial charge in [-0.05, 0) is 48.3 Å². The molecule has 4 heterocycles. The monoisotopic (exact) mass is 894 g/mol. The Morgan fingerprint density at radius 3 is 2.33 bits per heavy atom. The van der Waals surface area contributed by atoms with Gasteiger partial charge in [0.1, 0.15) is 18.8 Å². The Labute approximate surface area is 371 Å². The molecule has 1 aromatic carbocycles. The third-order valence-electron chi connectivity index (χ3n) is 11.1. The number of fused-ring (bicyclic) bond motifs is 1. The normalized spacial score (nSPS) is 21.9. The summed E-state index contributed by atoms with van der Waals surface area (Å²) in [5, 5.41) is 0.859. The van der Waals surface area contributed by atoms with Crippen molar-refractivity contribution in [1.82, 2.24) is 29.2 Å². The summed E-state index contributed by atoms with van der Waals surface area (Å²) in [6.45, 7) is 14.8. The van der Waals surface area contributed by atoms with Gasteiger partial charge in [0, 0.05) is 73.3 Å². The Hall–Kier alpha value is -6.27. The van der Waals surface area contributed by atoms with Gasteiger partial charge >= 0.3 is 29.8 Å². The number of anilines is 1. The molecule has 0 aliphatic carbocycles. The molecular weight excluding hydrogens is 841 g/mol. The minimum absolute atomic E-state index is 0.0435. The maximum Gasteiger partial charge on any atom is 0.335 e. The van der Waals surface area contributed by atoms with Crippen LogP contribution in [0.2, 0.25) is 0 Å². The molecule has 3 aromatic rings. The number of rotatable bonds is 14. The quantitative estimate of drug-likeness (QED) is 0.0989. The molecule has 0 N–H and O–H groups in total. The second kappa shape index (κ2) is 21.2. The lowest BCUT2D eigenvalue weighted by atomic mass is 9.90. The van der Waals surface area contributed by atoms with Gasteiger partial charge in [-0.1, -0.05) is 19.9 Å². The largest absolute Gasteiger partial charge is 0.493 e. The van der Waals surface area contributed by atoms with Crippen LogP contribution in [-0.4, -0.2) is 163 Å². The number of piperidine rings is 1. The van der Waals surface area contributed by atoms with Crippen molar-refractivity contribution in [2.45, 2.75) is 71.4 Å². The molecule has 0 bridgehead atoms. The van der Waals surface area contributed by atoms with Crippen molar-refractivity contribution in [3.63, 3.8) is 0 Å². The van der Waals surface area contributed by atoms with E-state index in [9.17, 15) is 24.0 Å². The first-order valence-corrected chi connectivity index (χ1v) is 20.6. The van der Waals surface area contributed by atoms with Gasteiger partial charge in [0.05, 0.1) is 25.6 Å². The number of nitrogens with zero attached hydrogens (tertiary/aromatic N) is 8. The molecule has 0 spiro atoms. The fourth-order valence-corrected chi connectivity index (χ4v) is 7.71. The van der Waals surface area contributed by atoms with Crippen LogP contribution < -0.4 is 14.4 Å². The molecule has 7 atom stereocenters. The molecule has 2 fully saturated rings. The summed E-state index contributed by atoms with van der Waals surface area (Å²) in [6.07, 6.45) is -1.08. The van der Waals surface area contributed by atoms with Crippen molar-refractivity contribution in [3.05, 3.63) is 53.8 Å². The smallest absolute Gasteiger partial charge is 0.335 e. The minimum Gasteiger partial charge on any atom is -0.493 e. The molecular formula is C42H54N8O12S. The number of hydrogen-bond donors (Lipinski definition) is 0. The Balaban J connectivity index is 1.19. The molecule has 2 saturated heterocycles. The number of carbonyl (C=O) groups is 5. The fraction of sp³-hybridized carbons (Fsp3) is 0.548. The van der Waals surface area contributed by atoms with Crippen molar-refractivity contribution in [1.29, 1.82) is 0 Å². The summed E-state index contributed by atoms with van der Waals surface area (Å²) in [5.74, 6) is -1.71. The van der Waals surface area contributed by atoms with E-state index < -0.39 is 48.4 Å². The standard InChI is InChI=1S/C42H54N8O12S/c1-24-13-15-49(33(53)20-43-5)21-30(24)48(8)37-29-14-16-50(38(29)45-23-44-37)41(55)46(6)17-18-47(7)42(63)58-22-28-11-12-31(32(19-28)56-9)61-40-36(60-27(4)52)34(59-26(3)51)25(2)35(62-40)39(54)57-10/h11-12,14,16,19,23-25,30,34-36,40H,13,15,17-18,20-22H2,1-4,6-10H3/t24-,25+,30+,34+,35+,36-,40-/m1/s1. The van der Waals surface area contributed by atoms with Gasteiger partial charge in [-0.25, -0.2) is 26.1 Å². The number of ether oxygens (including phenoxy) is 7. The first kappa shape index (κ1) is 47.8. The third kappa shape index (κ3) is 11.2. The van der Waals surface area contributed by atoms with Crippen LogP contribution in [0.3, 0.4) is 0 Å². The predicted octanol–water partition coefficient (Wildman–Crippen LogP) is 3.14. The van der Waals surface area contributed by atoms with Crippen molar-refractivity contribution in [2.24, 2.45) is 11.8 Å². The van der Waals surface area contributed by atoms with E-state index in [2.05, 4.69) is 21.7 Å². The minimum atomic E-state index is -1.40. The van der Waals surface area contributed by atoms with E-state index in [0.717, 1.165) is 6.42 Å². The van der Waals surface area contributed by atoms with Gasteiger partial charge in [-0.15, -0.1) is 0 Å². The van der Waals surface area contributed by atoms with Crippen LogP contribution in [-0.2, 0) is 49.5 Å². The van der Waals surface area contributed by atoms with Crippen molar-refractivity contribution < 1.29 is 57.1 Å². The zero-order valence-corrected chi connectivity index (χ0v) is 37.7. The van der Waals surface area contributed by atoms with Crippen molar-refractivity contribution in [2.75, 3.05) is 73.0 Å². The maximum atomic E-state index is 13.7. The third-order valence-corrected chi connectivity index (χ3v) is 11.6. The summed E-state index contributed by atoms with van der Waals surface area (Å²) < 4.78 is 40.9. The van der Waals surface area contributed by atoms with Gasteiger partial charge in [-0.3, -0.25) is 19.0 Å². The number of thiocarbonyl (C=S) groups is 1. The fourth-order valence-electron chi connectivity index (χ4n) is 7.56. The highest BCUT2D eigenvalue weighted by Crippen LogP contribution is 2.36. The lowest BCUT2D eigenvalue weighted by Crippen LogP contribution is -2.60. The van der Waals surface area contributed by atoms with E-state index in [1.807, 2.05) is 11.9 Å². The van der Waals surface area contributed by atoms with E-state index in [-0.39, 0.29) is 60.3 Å². The molecule has 0 radical (unpaired) electrons. The van der Waals surface area contributed by atoms with Crippen LogP contribution in [0.1, 0.15) is 39.7 Å². The summed E-state index contributed by atoms with van der Waals surface area (Å²) in [7, 11) is 7.96. The van der Waals surface area contributed by atoms with Crippen LogP contribution in [0.5, 0.6) is 11.5 Å². The van der Waals surface area contributed by atoms with Crippen molar-refractivity contribution in [3.8, 4) is 11.5 Å². The van der Waals surface area contributed by atoms with Crippen molar-refractivity contribution >= 4 is 64.1 Å². The highest BCUT2D eigenvalue weighted by molar-refractivity contribution is 7.80. The molecule has 0 saturated carbocycles. The van der Waals surface area contributed by atoms with E-state index >= 15 is 0 Å². The van der Waals surface area contributed by atoms with Crippen LogP contribution in [0.15, 0.2) is 36.8 Å². The van der Waals surface area contributed by atoms with E-state index in [0.29, 0.717) is 42.0 Å². The average Bonchev–Trinajstić information content (AvgIpc) is 3.70. The highest BCUT2D eigenvalue weighted by Gasteiger charge is 2.52. The zero-order valence-electron chi connectivity index (χ0n) is 36.8. The highest BCUT2D eigenvalue weighted by atomic mass is 32.1. The summed E-state index contributed by atoms with van der Waals surface area (Å²) >= 11 is 5.56. The van der Waals surface area contributed by atoms with Crippen LogP contribution in [0.25, 0.3) is 15.9 Å². The first-order valence-electron chi connectivity index (χ1n) is 20.2. The van der Waals surface area contributed by atoms with Gasteiger partial charge in [0.15, 0.2) is 29.4 Å². The summed E-state index contributed by atoms with van der Waals surface area (Å²) in [4.78, 5) is 82.3. The number of carbonyl (C=O) groups excluding carboxylic acids is 5. The molecule has 340 valence electrons. The topological polar surface area (TPSA) is 198 Å². The number of benzene rings is 1. The molecule has 2 amide bonds. The van der Waals surface area contributed by atoms with Gasteiger partial charge in [0.25, 0.3) is 11.7 Å². The number of aromatic nitrogens is 3. The van der Waals surface area contributed by atoms with Crippen LogP contribution in [0.4, 0.5) is 10.6 Å². The zero-order chi connectivity index (χ0) is 46.1. The molecule has 5 rings (SSSR count). The number of esters is 3. The van der Waals surface area contributed by atoms with E-state index in [1.165, 1.54) is 39.0 Å². The number of amides is 2. The maximum absolute atomic E-state index is 13.7. The van der Waals surface area contributed by atoms with Crippen LogP contribution >= 0.6 is 12.2 Å². The molecule has 2 aliphatic heterocycles. The Morgan fingerprint density at radius 1 is 0.968 bits per heavy atom. The molecule has 0 unspecified atom stereocenters. The Kier molecular flexibility index (Phi) is 16.1. The van der Waals surface area contributed by atoms with Gasteiger partial charge in [-0.2, -0.15) is 0 Å². The molecule has 20 nitrogen and oxygen atoms in total. The first-order chi connectivity index (χ1) is 30.0. The number of likely N-dealkylation sites (tertiary alicyclic amines) is 1. The Bertz CT molecular complexity index is 2220. The molecule has 63 heavy (non-hydrogen) atoms. The molecule has 2 aliphatic rings.